The number of aliphatic hydroxyl groups excluding tert-OH is 1. The average molecular weight is 439 g/mol. The van der Waals surface area contributed by atoms with Crippen LogP contribution in [-0.2, 0) is 13.6 Å². The molecule has 0 amide bonds. The molecule has 3 heterocycles. The molecule has 0 spiro atoms. The van der Waals surface area contributed by atoms with Gasteiger partial charge in [0.25, 0.3) is 0 Å². The number of fused-ring (bicyclic) bond motifs is 1. The fraction of sp³-hybridized carbons (Fsp3) is 0.389. The molecular weight excluding hydrogens is 417 g/mol. The van der Waals surface area contributed by atoms with Gasteiger partial charge in [-0.3, -0.25) is 9.58 Å². The van der Waals surface area contributed by atoms with Gasteiger partial charge in [0, 0.05) is 50.2 Å². The maximum absolute atomic E-state index is 9.73. The summed E-state index contributed by atoms with van der Waals surface area (Å²) in [6, 6.07) is 10.2. The Balaban J connectivity index is 0.00000169. The molecule has 1 saturated heterocycles. The van der Waals surface area contributed by atoms with E-state index >= 15 is 0 Å². The van der Waals surface area contributed by atoms with E-state index in [9.17, 15) is 5.11 Å². The van der Waals surface area contributed by atoms with Crippen molar-refractivity contribution in [2.45, 2.75) is 12.5 Å². The molecule has 1 aromatic carbocycles. The molecule has 1 aliphatic heterocycles. The molecule has 0 aliphatic carbocycles. The number of likely N-dealkylation sites (tertiary alicyclic amines) is 1. The monoisotopic (exact) mass is 439 g/mol. The summed E-state index contributed by atoms with van der Waals surface area (Å²) in [7, 11) is 1.93. The Morgan fingerprint density at radius 1 is 1.29 bits per heavy atom. The number of hydrogen-bond donors (Lipinski definition) is 1. The van der Waals surface area contributed by atoms with Crippen LogP contribution in [-0.4, -0.2) is 39.5 Å². The molecule has 128 valence electrons. The highest BCUT2D eigenvalue weighted by Gasteiger charge is 2.34. The van der Waals surface area contributed by atoms with Crippen molar-refractivity contribution in [1.29, 1.82) is 0 Å². The average Bonchev–Trinajstić information content (AvgIpc) is 3.24. The summed E-state index contributed by atoms with van der Waals surface area (Å²) in [4.78, 5) is 2.36. The van der Waals surface area contributed by atoms with Crippen LogP contribution in [0.4, 0.5) is 0 Å². The third kappa shape index (κ3) is 3.36. The summed E-state index contributed by atoms with van der Waals surface area (Å²) >= 11 is 0. The Bertz CT molecular complexity index is 780. The number of rotatable bonds is 4. The third-order valence-corrected chi connectivity index (χ3v) is 4.76. The predicted molar refractivity (Wildman–Crippen MR) is 103 cm³/mol. The highest BCUT2D eigenvalue weighted by atomic mass is 127. The van der Waals surface area contributed by atoms with Gasteiger partial charge in [-0.15, -0.1) is 24.0 Å². The van der Waals surface area contributed by atoms with E-state index in [0.717, 1.165) is 36.4 Å². The molecular formula is C18H22IN3O2. The second kappa shape index (κ2) is 7.25. The number of furan rings is 1. The van der Waals surface area contributed by atoms with Gasteiger partial charge < -0.3 is 9.52 Å². The normalized spacial score (nSPS) is 21.2. The van der Waals surface area contributed by atoms with Crippen molar-refractivity contribution in [3.8, 4) is 0 Å². The van der Waals surface area contributed by atoms with Gasteiger partial charge in [0.05, 0.1) is 12.7 Å². The second-order valence-corrected chi connectivity index (χ2v) is 6.44. The minimum Gasteiger partial charge on any atom is -0.460 e. The number of aromatic nitrogens is 2. The number of para-hydroxylation sites is 1. The molecule has 5 nitrogen and oxygen atoms in total. The zero-order valence-corrected chi connectivity index (χ0v) is 16.0. The van der Waals surface area contributed by atoms with Crippen LogP contribution in [0.5, 0.6) is 0 Å². The van der Waals surface area contributed by atoms with Crippen molar-refractivity contribution in [3.63, 3.8) is 0 Å². The van der Waals surface area contributed by atoms with E-state index < -0.39 is 0 Å². The fourth-order valence-corrected chi connectivity index (χ4v) is 3.62. The zero-order valence-electron chi connectivity index (χ0n) is 13.6. The Labute approximate surface area is 158 Å². The number of hydrogen-bond acceptors (Lipinski definition) is 4. The van der Waals surface area contributed by atoms with E-state index in [1.807, 2.05) is 36.1 Å². The molecule has 4 rings (SSSR count). The lowest BCUT2D eigenvalue weighted by Crippen LogP contribution is -2.20. The first kappa shape index (κ1) is 17.4. The Morgan fingerprint density at radius 2 is 2.12 bits per heavy atom. The summed E-state index contributed by atoms with van der Waals surface area (Å²) in [6.45, 7) is 2.79. The van der Waals surface area contributed by atoms with Gasteiger partial charge in [-0.05, 0) is 17.7 Å². The molecule has 0 saturated carbocycles. The van der Waals surface area contributed by atoms with Crippen LogP contribution in [0.2, 0.25) is 0 Å². The molecule has 24 heavy (non-hydrogen) atoms. The summed E-state index contributed by atoms with van der Waals surface area (Å²) in [5, 5.41) is 15.1. The van der Waals surface area contributed by atoms with Crippen molar-refractivity contribution >= 4 is 34.9 Å². The zero-order chi connectivity index (χ0) is 15.8. The van der Waals surface area contributed by atoms with Crippen molar-refractivity contribution in [3.05, 3.63) is 54.0 Å². The molecule has 0 unspecified atom stereocenters. The topological polar surface area (TPSA) is 54.4 Å². The molecule has 2 atom stereocenters. The van der Waals surface area contributed by atoms with Gasteiger partial charge >= 0.3 is 0 Å². The van der Waals surface area contributed by atoms with Crippen LogP contribution in [0.25, 0.3) is 11.0 Å². The van der Waals surface area contributed by atoms with Crippen LogP contribution in [0, 0.1) is 5.92 Å². The smallest absolute Gasteiger partial charge is 0.134 e. The standard InChI is InChI=1S/C18H21N3O2.HI/c1-20-8-14(7-19-20)17-11-21(9-15(17)12-22)10-16-6-13-4-2-3-5-18(13)23-16;/h2-8,15,17,22H,9-12H2,1H3;1H/t15-,17-;/m0./s1. The predicted octanol–water partition coefficient (Wildman–Crippen LogP) is 2.99. The highest BCUT2D eigenvalue weighted by molar-refractivity contribution is 14.0. The van der Waals surface area contributed by atoms with E-state index in [2.05, 4.69) is 28.3 Å². The molecule has 0 bridgehead atoms. The maximum Gasteiger partial charge on any atom is 0.134 e. The summed E-state index contributed by atoms with van der Waals surface area (Å²) in [5.41, 5.74) is 2.14. The SMILES string of the molecule is Cn1cc([C@@H]2CN(Cc3cc4ccccc4o3)C[C@H]2CO)cn1.I. The Kier molecular flexibility index (Phi) is 5.27. The van der Waals surface area contributed by atoms with Gasteiger partial charge in [-0.1, -0.05) is 18.2 Å². The molecule has 1 fully saturated rings. The molecule has 6 heteroatoms. The van der Waals surface area contributed by atoms with Crippen molar-refractivity contribution < 1.29 is 9.52 Å². The largest absolute Gasteiger partial charge is 0.460 e. The molecule has 0 radical (unpaired) electrons. The lowest BCUT2D eigenvalue weighted by Gasteiger charge is -2.13. The number of aryl methyl sites for hydroxylation is 1. The summed E-state index contributed by atoms with van der Waals surface area (Å²) in [5.74, 6) is 1.57. The van der Waals surface area contributed by atoms with Gasteiger partial charge in [0.1, 0.15) is 11.3 Å². The number of halogens is 1. The van der Waals surface area contributed by atoms with Crippen molar-refractivity contribution in [2.24, 2.45) is 13.0 Å². The minimum atomic E-state index is 0. The summed E-state index contributed by atoms with van der Waals surface area (Å²) in [6.07, 6.45) is 3.97. The molecule has 2 aromatic heterocycles. The summed E-state index contributed by atoms with van der Waals surface area (Å²) < 4.78 is 7.75. The van der Waals surface area contributed by atoms with E-state index in [4.69, 9.17) is 4.42 Å². The number of benzene rings is 1. The van der Waals surface area contributed by atoms with Crippen LogP contribution >= 0.6 is 24.0 Å². The van der Waals surface area contributed by atoms with Gasteiger partial charge in [-0.2, -0.15) is 5.10 Å². The first-order valence-corrected chi connectivity index (χ1v) is 8.02. The molecule has 1 aliphatic rings. The molecule has 3 aromatic rings. The van der Waals surface area contributed by atoms with Gasteiger partial charge in [-0.25, -0.2) is 0 Å². The van der Waals surface area contributed by atoms with Crippen LogP contribution in [0.3, 0.4) is 0 Å². The lowest BCUT2D eigenvalue weighted by atomic mass is 9.92. The highest BCUT2D eigenvalue weighted by Crippen LogP contribution is 2.33. The second-order valence-electron chi connectivity index (χ2n) is 6.44. The van der Waals surface area contributed by atoms with E-state index in [1.165, 1.54) is 5.56 Å². The van der Waals surface area contributed by atoms with E-state index in [0.29, 0.717) is 5.92 Å². The van der Waals surface area contributed by atoms with Crippen molar-refractivity contribution in [1.82, 2.24) is 14.7 Å². The quantitative estimate of drug-likeness (QED) is 0.636. The Hall–Kier alpha value is -1.38. The van der Waals surface area contributed by atoms with Crippen LogP contribution < -0.4 is 0 Å². The van der Waals surface area contributed by atoms with E-state index in [-0.39, 0.29) is 36.5 Å². The molecule has 1 N–H and O–H groups in total. The van der Waals surface area contributed by atoms with Gasteiger partial charge in [0.15, 0.2) is 0 Å². The number of aliphatic hydroxyl groups is 1. The van der Waals surface area contributed by atoms with Crippen molar-refractivity contribution in [2.75, 3.05) is 19.7 Å². The maximum atomic E-state index is 9.73. The lowest BCUT2D eigenvalue weighted by molar-refractivity contribution is 0.211. The first-order valence-electron chi connectivity index (χ1n) is 8.02. The fourth-order valence-electron chi connectivity index (χ4n) is 3.62. The van der Waals surface area contributed by atoms with Gasteiger partial charge in [0.2, 0.25) is 0 Å². The third-order valence-electron chi connectivity index (χ3n) is 4.76. The Morgan fingerprint density at radius 3 is 2.83 bits per heavy atom. The minimum absolute atomic E-state index is 0. The number of nitrogens with zero attached hydrogens (tertiary/aromatic N) is 3. The van der Waals surface area contributed by atoms with E-state index in [1.54, 1.807) is 0 Å². The van der Waals surface area contributed by atoms with Crippen LogP contribution in [0.15, 0.2) is 47.1 Å². The van der Waals surface area contributed by atoms with Crippen LogP contribution in [0.1, 0.15) is 17.2 Å². The first-order chi connectivity index (χ1) is 11.2.